The molecule has 1 fully saturated rings. The molecule has 0 aliphatic heterocycles. The molecule has 3 rings (SSSR count). The van der Waals surface area contributed by atoms with Gasteiger partial charge in [-0.1, -0.05) is 38.0 Å². The van der Waals surface area contributed by atoms with Crippen molar-refractivity contribution in [2.24, 2.45) is 0 Å². The molecule has 3 nitrogen and oxygen atoms in total. The topological polar surface area (TPSA) is 37.0 Å². The van der Waals surface area contributed by atoms with Crippen LogP contribution >= 0.6 is 12.2 Å². The van der Waals surface area contributed by atoms with Crippen LogP contribution < -0.4 is 10.6 Å². The van der Waals surface area contributed by atoms with E-state index in [9.17, 15) is 0 Å². The summed E-state index contributed by atoms with van der Waals surface area (Å²) in [6.07, 6.45) is 7.46. The Kier molecular flexibility index (Phi) is 4.91. The van der Waals surface area contributed by atoms with Crippen LogP contribution in [0.1, 0.15) is 43.9 Å². The largest absolute Gasteiger partial charge is 0.351 e. The Balaban J connectivity index is 1.71. The maximum Gasteiger partial charge on any atom is 0.171 e. The van der Waals surface area contributed by atoms with Gasteiger partial charge in [0.05, 0.1) is 11.2 Å². The Morgan fingerprint density at radius 1 is 1.13 bits per heavy atom. The molecule has 1 heterocycles. The number of aromatic nitrogens is 1. The second-order valence-electron chi connectivity index (χ2n) is 6.13. The molecule has 0 unspecified atom stereocenters. The maximum absolute atomic E-state index is 5.56. The molecule has 0 atom stereocenters. The number of benzene rings is 1. The fourth-order valence-electron chi connectivity index (χ4n) is 3.27. The summed E-state index contributed by atoms with van der Waals surface area (Å²) < 4.78 is 0. The molecule has 0 amide bonds. The summed E-state index contributed by atoms with van der Waals surface area (Å²) in [5, 5.41) is 7.52. The van der Waals surface area contributed by atoms with Gasteiger partial charge in [0, 0.05) is 11.9 Å². The van der Waals surface area contributed by atoms with Gasteiger partial charge in [-0.2, -0.15) is 0 Å². The molecule has 1 aliphatic rings. The predicted molar refractivity (Wildman–Crippen MR) is 99.6 cm³/mol. The number of aryl methyl sites for hydroxylation is 1. The van der Waals surface area contributed by atoms with Crippen molar-refractivity contribution in [2.45, 2.75) is 44.6 Å². The van der Waals surface area contributed by atoms with E-state index in [1.165, 1.54) is 18.4 Å². The first-order valence-electron chi connectivity index (χ1n) is 8.31. The van der Waals surface area contributed by atoms with E-state index in [1.54, 1.807) is 0 Å². The Labute approximate surface area is 143 Å². The SMILES string of the molecule is CCc1ccc(NC(=S)NC2(c3ccccn3)CCCC2)cc1. The first kappa shape index (κ1) is 15.9. The molecule has 4 heteroatoms. The van der Waals surface area contributed by atoms with E-state index in [4.69, 9.17) is 12.2 Å². The molecule has 120 valence electrons. The minimum absolute atomic E-state index is 0.130. The van der Waals surface area contributed by atoms with Crippen LogP contribution in [-0.2, 0) is 12.0 Å². The Morgan fingerprint density at radius 3 is 2.48 bits per heavy atom. The lowest BCUT2D eigenvalue weighted by Gasteiger charge is -2.31. The highest BCUT2D eigenvalue weighted by Crippen LogP contribution is 2.37. The number of rotatable bonds is 4. The van der Waals surface area contributed by atoms with E-state index >= 15 is 0 Å². The van der Waals surface area contributed by atoms with E-state index < -0.39 is 0 Å². The van der Waals surface area contributed by atoms with E-state index in [0.717, 1.165) is 30.6 Å². The highest BCUT2D eigenvalue weighted by molar-refractivity contribution is 7.80. The zero-order chi connectivity index (χ0) is 16.1. The normalized spacial score (nSPS) is 16.0. The highest BCUT2D eigenvalue weighted by atomic mass is 32.1. The molecular weight excluding hydrogens is 302 g/mol. The van der Waals surface area contributed by atoms with Gasteiger partial charge in [0.25, 0.3) is 0 Å². The van der Waals surface area contributed by atoms with Gasteiger partial charge in [0.2, 0.25) is 0 Å². The molecular formula is C19H23N3S. The van der Waals surface area contributed by atoms with Crippen molar-refractivity contribution in [1.29, 1.82) is 0 Å². The van der Waals surface area contributed by atoms with Crippen molar-refractivity contribution in [3.63, 3.8) is 0 Å². The number of thiocarbonyl (C=S) groups is 1. The van der Waals surface area contributed by atoms with Crippen molar-refractivity contribution in [3.8, 4) is 0 Å². The van der Waals surface area contributed by atoms with Crippen LogP contribution in [0.15, 0.2) is 48.7 Å². The Morgan fingerprint density at radius 2 is 1.87 bits per heavy atom. The third-order valence-electron chi connectivity index (χ3n) is 4.59. The average molecular weight is 325 g/mol. The van der Waals surface area contributed by atoms with E-state index in [2.05, 4.69) is 52.9 Å². The third-order valence-corrected chi connectivity index (χ3v) is 4.79. The molecule has 23 heavy (non-hydrogen) atoms. The standard InChI is InChI=1S/C19H23N3S/c1-2-15-8-10-16(11-9-15)21-18(23)22-19(12-4-5-13-19)17-7-3-6-14-20-17/h3,6-11,14H,2,4-5,12-13H2,1H3,(H2,21,22,23). The van der Waals surface area contributed by atoms with Crippen LogP contribution in [0, 0.1) is 0 Å². The molecule has 1 aromatic carbocycles. The molecule has 2 N–H and O–H groups in total. The van der Waals surface area contributed by atoms with Gasteiger partial charge < -0.3 is 10.6 Å². The van der Waals surface area contributed by atoms with Gasteiger partial charge in [0.15, 0.2) is 5.11 Å². The Hall–Kier alpha value is -1.94. The highest BCUT2D eigenvalue weighted by Gasteiger charge is 2.37. The van der Waals surface area contributed by atoms with Crippen LogP contribution in [0.5, 0.6) is 0 Å². The molecule has 2 aromatic rings. The van der Waals surface area contributed by atoms with Gasteiger partial charge in [-0.05, 0) is 61.3 Å². The smallest absolute Gasteiger partial charge is 0.171 e. The van der Waals surface area contributed by atoms with Gasteiger partial charge in [-0.3, -0.25) is 4.98 Å². The minimum Gasteiger partial charge on any atom is -0.351 e. The molecule has 1 saturated carbocycles. The maximum atomic E-state index is 5.56. The summed E-state index contributed by atoms with van der Waals surface area (Å²) in [7, 11) is 0. The summed E-state index contributed by atoms with van der Waals surface area (Å²) in [4.78, 5) is 4.57. The first-order chi connectivity index (χ1) is 11.2. The quantitative estimate of drug-likeness (QED) is 0.817. The van der Waals surface area contributed by atoms with Crippen LogP contribution in [0.25, 0.3) is 0 Å². The van der Waals surface area contributed by atoms with Gasteiger partial charge in [-0.25, -0.2) is 0 Å². The van der Waals surface area contributed by atoms with E-state index in [0.29, 0.717) is 5.11 Å². The third kappa shape index (κ3) is 3.70. The number of nitrogens with zero attached hydrogens (tertiary/aromatic N) is 1. The van der Waals surface area contributed by atoms with Crippen LogP contribution in [0.3, 0.4) is 0 Å². The van der Waals surface area contributed by atoms with Gasteiger partial charge in [-0.15, -0.1) is 0 Å². The van der Waals surface area contributed by atoms with E-state index in [1.807, 2.05) is 18.3 Å². The monoisotopic (exact) mass is 325 g/mol. The van der Waals surface area contributed by atoms with Crippen LogP contribution in [0.2, 0.25) is 0 Å². The number of hydrogen-bond donors (Lipinski definition) is 2. The minimum atomic E-state index is -0.130. The van der Waals surface area contributed by atoms with Crippen LogP contribution in [0.4, 0.5) is 5.69 Å². The predicted octanol–water partition coefficient (Wildman–Crippen LogP) is 4.40. The van der Waals surface area contributed by atoms with Crippen molar-refractivity contribution >= 4 is 23.0 Å². The second kappa shape index (κ2) is 7.09. The van der Waals surface area contributed by atoms with Gasteiger partial charge in [0.1, 0.15) is 0 Å². The van der Waals surface area contributed by atoms with E-state index in [-0.39, 0.29) is 5.54 Å². The Bertz CT molecular complexity index is 646. The summed E-state index contributed by atoms with van der Waals surface area (Å²) in [6, 6.07) is 14.5. The zero-order valence-corrected chi connectivity index (χ0v) is 14.3. The summed E-state index contributed by atoms with van der Waals surface area (Å²) in [5.41, 5.74) is 3.31. The molecule has 0 saturated heterocycles. The molecule has 0 radical (unpaired) electrons. The molecule has 0 bridgehead atoms. The molecule has 1 aliphatic carbocycles. The summed E-state index contributed by atoms with van der Waals surface area (Å²) in [5.74, 6) is 0. The average Bonchev–Trinajstić information content (AvgIpc) is 3.06. The fraction of sp³-hybridized carbons (Fsp3) is 0.368. The fourth-order valence-corrected chi connectivity index (χ4v) is 3.59. The lowest BCUT2D eigenvalue weighted by Crippen LogP contribution is -2.46. The number of anilines is 1. The van der Waals surface area contributed by atoms with Gasteiger partial charge >= 0.3 is 0 Å². The lowest BCUT2D eigenvalue weighted by molar-refractivity contribution is 0.396. The second-order valence-corrected chi connectivity index (χ2v) is 6.54. The number of hydrogen-bond acceptors (Lipinski definition) is 2. The lowest BCUT2D eigenvalue weighted by atomic mass is 9.93. The summed E-state index contributed by atoms with van der Waals surface area (Å²) in [6.45, 7) is 2.16. The number of nitrogens with one attached hydrogen (secondary N) is 2. The number of pyridine rings is 1. The molecule has 1 aromatic heterocycles. The van der Waals surface area contributed by atoms with Crippen molar-refractivity contribution in [1.82, 2.24) is 10.3 Å². The van der Waals surface area contributed by atoms with Crippen molar-refractivity contribution in [2.75, 3.05) is 5.32 Å². The van der Waals surface area contributed by atoms with Crippen molar-refractivity contribution in [3.05, 3.63) is 59.9 Å². The first-order valence-corrected chi connectivity index (χ1v) is 8.72. The van der Waals surface area contributed by atoms with Crippen molar-refractivity contribution < 1.29 is 0 Å². The van der Waals surface area contributed by atoms with Crippen LogP contribution in [-0.4, -0.2) is 10.1 Å². The molecule has 0 spiro atoms. The zero-order valence-electron chi connectivity index (χ0n) is 13.5. The summed E-state index contributed by atoms with van der Waals surface area (Å²) >= 11 is 5.56.